The highest BCUT2D eigenvalue weighted by atomic mass is 32.2. The number of para-hydroxylation sites is 1. The molecule has 0 amide bonds. The first-order valence-corrected chi connectivity index (χ1v) is 9.04. The molecule has 0 aliphatic rings. The van der Waals surface area contributed by atoms with Crippen LogP contribution < -0.4 is 4.74 Å². The van der Waals surface area contributed by atoms with Crippen molar-refractivity contribution in [3.63, 3.8) is 0 Å². The maximum absolute atomic E-state index is 11.9. The molecular formula is C18H15N3O6S. The standard InChI is InChI=1S/C18H15N3O6S/c1-25-15-5-3-2-4-14(15)18-19-16(27-20-18)10-26-17(22)11-28-13-8-6-12(7-9-13)21(23)24/h2-9H,10-11H2,1H3. The average molecular weight is 401 g/mol. The number of nitro benzene ring substituents is 1. The van der Waals surface area contributed by atoms with Crippen LogP contribution in [-0.2, 0) is 16.1 Å². The molecule has 0 fully saturated rings. The molecule has 0 aliphatic heterocycles. The summed E-state index contributed by atoms with van der Waals surface area (Å²) in [6, 6.07) is 13.1. The minimum absolute atomic E-state index is 0.00540. The summed E-state index contributed by atoms with van der Waals surface area (Å²) >= 11 is 1.21. The number of nitrogens with zero attached hydrogens (tertiary/aromatic N) is 3. The summed E-state index contributed by atoms with van der Waals surface area (Å²) in [7, 11) is 1.55. The highest BCUT2D eigenvalue weighted by molar-refractivity contribution is 8.00. The first-order chi connectivity index (χ1) is 13.6. The number of aromatic nitrogens is 2. The van der Waals surface area contributed by atoms with Crippen LogP contribution in [0.1, 0.15) is 5.89 Å². The van der Waals surface area contributed by atoms with Gasteiger partial charge in [-0.15, -0.1) is 11.8 Å². The van der Waals surface area contributed by atoms with Crippen molar-refractivity contribution in [1.82, 2.24) is 10.1 Å². The number of rotatable bonds is 8. The molecule has 1 aromatic heterocycles. The predicted molar refractivity (Wildman–Crippen MR) is 99.9 cm³/mol. The van der Waals surface area contributed by atoms with Gasteiger partial charge in [0, 0.05) is 17.0 Å². The summed E-state index contributed by atoms with van der Waals surface area (Å²) in [5.41, 5.74) is 0.661. The van der Waals surface area contributed by atoms with Crippen LogP contribution in [0.15, 0.2) is 57.9 Å². The largest absolute Gasteiger partial charge is 0.496 e. The third-order valence-electron chi connectivity index (χ3n) is 3.58. The van der Waals surface area contributed by atoms with Gasteiger partial charge >= 0.3 is 5.97 Å². The fraction of sp³-hybridized carbons (Fsp3) is 0.167. The van der Waals surface area contributed by atoms with Crippen molar-refractivity contribution < 1.29 is 23.7 Å². The molecule has 10 heteroatoms. The highest BCUT2D eigenvalue weighted by Crippen LogP contribution is 2.27. The molecule has 0 bridgehead atoms. The van der Waals surface area contributed by atoms with E-state index in [2.05, 4.69) is 10.1 Å². The Morgan fingerprint density at radius 3 is 2.68 bits per heavy atom. The summed E-state index contributed by atoms with van der Waals surface area (Å²) in [6.07, 6.45) is 0. The summed E-state index contributed by atoms with van der Waals surface area (Å²) in [5.74, 6) is 0.677. The van der Waals surface area contributed by atoms with E-state index in [4.69, 9.17) is 14.0 Å². The van der Waals surface area contributed by atoms with E-state index in [0.717, 1.165) is 4.90 Å². The Labute approximate surface area is 163 Å². The molecule has 28 heavy (non-hydrogen) atoms. The highest BCUT2D eigenvalue weighted by Gasteiger charge is 2.14. The lowest BCUT2D eigenvalue weighted by atomic mass is 10.2. The quantitative estimate of drug-likeness (QED) is 0.242. The Kier molecular flexibility index (Phi) is 6.22. The van der Waals surface area contributed by atoms with Gasteiger partial charge in [0.25, 0.3) is 11.6 Å². The third kappa shape index (κ3) is 4.86. The molecule has 9 nitrogen and oxygen atoms in total. The molecule has 0 atom stereocenters. The number of carbonyl (C=O) groups excluding carboxylic acids is 1. The van der Waals surface area contributed by atoms with Crippen LogP contribution in [-0.4, -0.2) is 33.9 Å². The Hall–Kier alpha value is -3.40. The molecule has 144 valence electrons. The van der Waals surface area contributed by atoms with Gasteiger partial charge in [-0.1, -0.05) is 17.3 Å². The minimum atomic E-state index is -0.480. The minimum Gasteiger partial charge on any atom is -0.496 e. The van der Waals surface area contributed by atoms with Crippen LogP contribution in [0.2, 0.25) is 0 Å². The van der Waals surface area contributed by atoms with Gasteiger partial charge in [0.15, 0.2) is 6.61 Å². The number of hydrogen-bond acceptors (Lipinski definition) is 9. The average Bonchev–Trinajstić information content (AvgIpc) is 3.20. The number of carbonyl (C=O) groups is 1. The van der Waals surface area contributed by atoms with E-state index in [1.54, 1.807) is 31.4 Å². The van der Waals surface area contributed by atoms with Crippen molar-refractivity contribution in [3.8, 4) is 17.1 Å². The van der Waals surface area contributed by atoms with Gasteiger partial charge in [-0.3, -0.25) is 14.9 Å². The van der Waals surface area contributed by atoms with Crippen molar-refractivity contribution in [1.29, 1.82) is 0 Å². The summed E-state index contributed by atoms with van der Waals surface area (Å²) in [5, 5.41) is 14.5. The van der Waals surface area contributed by atoms with Crippen LogP contribution >= 0.6 is 11.8 Å². The number of esters is 1. The van der Waals surface area contributed by atoms with Gasteiger partial charge in [-0.25, -0.2) is 0 Å². The second-order valence-corrected chi connectivity index (χ2v) is 6.46. The number of ether oxygens (including phenoxy) is 2. The summed E-state index contributed by atoms with van der Waals surface area (Å²) in [6.45, 7) is -0.151. The number of benzene rings is 2. The molecule has 0 radical (unpaired) electrons. The van der Waals surface area contributed by atoms with Crippen molar-refractivity contribution in [2.75, 3.05) is 12.9 Å². The third-order valence-corrected chi connectivity index (χ3v) is 4.56. The number of methoxy groups -OCH3 is 1. The Morgan fingerprint density at radius 2 is 1.96 bits per heavy atom. The van der Waals surface area contributed by atoms with Gasteiger partial charge in [0.2, 0.25) is 5.82 Å². The second-order valence-electron chi connectivity index (χ2n) is 5.41. The lowest BCUT2D eigenvalue weighted by Gasteiger charge is -2.03. The second kappa shape index (κ2) is 9.00. The SMILES string of the molecule is COc1ccccc1-c1noc(COC(=O)CSc2ccc([N+](=O)[O-])cc2)n1. The zero-order valence-electron chi connectivity index (χ0n) is 14.7. The van der Waals surface area contributed by atoms with Gasteiger partial charge in [-0.05, 0) is 24.3 Å². The van der Waals surface area contributed by atoms with Gasteiger partial charge in [-0.2, -0.15) is 4.98 Å². The molecule has 2 aromatic carbocycles. The number of hydrogen-bond donors (Lipinski definition) is 0. The smallest absolute Gasteiger partial charge is 0.316 e. The molecule has 0 aliphatic carbocycles. The van der Waals surface area contributed by atoms with E-state index in [1.165, 1.54) is 23.9 Å². The van der Waals surface area contributed by atoms with E-state index in [1.807, 2.05) is 12.1 Å². The van der Waals surface area contributed by atoms with Crippen molar-refractivity contribution in [2.24, 2.45) is 0 Å². The number of thioether (sulfide) groups is 1. The topological polar surface area (TPSA) is 118 Å². The molecular weight excluding hydrogens is 386 g/mol. The fourth-order valence-corrected chi connectivity index (χ4v) is 2.94. The van der Waals surface area contributed by atoms with Crippen molar-refractivity contribution in [2.45, 2.75) is 11.5 Å². The van der Waals surface area contributed by atoms with Crippen LogP contribution in [0.4, 0.5) is 5.69 Å². The maximum atomic E-state index is 11.9. The molecule has 0 N–H and O–H groups in total. The van der Waals surface area contributed by atoms with Crippen LogP contribution in [0.5, 0.6) is 5.75 Å². The zero-order valence-corrected chi connectivity index (χ0v) is 15.5. The molecule has 3 aromatic rings. The van der Waals surface area contributed by atoms with Crippen LogP contribution in [0.25, 0.3) is 11.4 Å². The van der Waals surface area contributed by atoms with E-state index in [0.29, 0.717) is 17.1 Å². The molecule has 0 saturated heterocycles. The van der Waals surface area contributed by atoms with Crippen LogP contribution in [0.3, 0.4) is 0 Å². The molecule has 0 saturated carbocycles. The molecule has 0 unspecified atom stereocenters. The summed E-state index contributed by atoms with van der Waals surface area (Å²) in [4.78, 5) is 26.9. The Morgan fingerprint density at radius 1 is 1.21 bits per heavy atom. The van der Waals surface area contributed by atoms with E-state index in [9.17, 15) is 14.9 Å². The monoisotopic (exact) mass is 401 g/mol. The molecule has 1 heterocycles. The van der Waals surface area contributed by atoms with Gasteiger partial charge in [0.1, 0.15) is 5.75 Å². The fourth-order valence-electron chi connectivity index (χ4n) is 2.24. The van der Waals surface area contributed by atoms with Crippen molar-refractivity contribution >= 4 is 23.4 Å². The van der Waals surface area contributed by atoms with Crippen molar-refractivity contribution in [3.05, 3.63) is 64.5 Å². The van der Waals surface area contributed by atoms with Crippen LogP contribution in [0, 0.1) is 10.1 Å². The van der Waals surface area contributed by atoms with Gasteiger partial charge < -0.3 is 14.0 Å². The Balaban J connectivity index is 1.51. The zero-order chi connectivity index (χ0) is 19.9. The van der Waals surface area contributed by atoms with E-state index in [-0.39, 0.29) is 23.9 Å². The summed E-state index contributed by atoms with van der Waals surface area (Å²) < 4.78 is 15.5. The maximum Gasteiger partial charge on any atom is 0.316 e. The number of non-ortho nitro benzene ring substituents is 1. The lowest BCUT2D eigenvalue weighted by molar-refractivity contribution is -0.384. The number of nitro groups is 1. The van der Waals surface area contributed by atoms with E-state index >= 15 is 0 Å². The first kappa shape index (κ1) is 19.4. The Bertz CT molecular complexity index is 973. The predicted octanol–water partition coefficient (Wildman–Crippen LogP) is 3.49. The first-order valence-electron chi connectivity index (χ1n) is 8.05. The van der Waals surface area contributed by atoms with E-state index < -0.39 is 10.9 Å². The van der Waals surface area contributed by atoms with Gasteiger partial charge in [0.05, 0.1) is 23.3 Å². The lowest BCUT2D eigenvalue weighted by Crippen LogP contribution is -2.07. The normalized spacial score (nSPS) is 10.5. The molecule has 0 spiro atoms. The molecule has 3 rings (SSSR count).